The van der Waals surface area contributed by atoms with Crippen LogP contribution in [0.5, 0.6) is 5.75 Å². The molecule has 0 spiro atoms. The van der Waals surface area contributed by atoms with Gasteiger partial charge in [0.25, 0.3) is 0 Å². The van der Waals surface area contributed by atoms with Gasteiger partial charge < -0.3 is 4.74 Å². The summed E-state index contributed by atoms with van der Waals surface area (Å²) in [6.45, 7) is 2.05. The van der Waals surface area contributed by atoms with E-state index in [1.54, 1.807) is 11.8 Å². The summed E-state index contributed by atoms with van der Waals surface area (Å²) >= 11 is 6.11. The van der Waals surface area contributed by atoms with E-state index in [1.807, 2.05) is 30.3 Å². The van der Waals surface area contributed by atoms with Crippen molar-refractivity contribution in [2.45, 2.75) is 13.3 Å². The first-order valence-corrected chi connectivity index (χ1v) is 5.51. The lowest BCUT2D eigenvalue weighted by Crippen LogP contribution is -1.97. The van der Waals surface area contributed by atoms with Crippen LogP contribution >= 0.6 is 11.6 Å². The molecule has 1 aromatic heterocycles. The fourth-order valence-corrected chi connectivity index (χ4v) is 1.76. The summed E-state index contributed by atoms with van der Waals surface area (Å²) in [4.78, 5) is 0. The number of aromatic nitrogens is 2. The summed E-state index contributed by atoms with van der Waals surface area (Å²) in [6.07, 6.45) is 0.872. The third kappa shape index (κ3) is 2.04. The van der Waals surface area contributed by atoms with E-state index < -0.39 is 0 Å². The first kappa shape index (κ1) is 11.0. The zero-order valence-electron chi connectivity index (χ0n) is 9.27. The summed E-state index contributed by atoms with van der Waals surface area (Å²) in [5.74, 6) is 0.794. The van der Waals surface area contributed by atoms with E-state index in [2.05, 4.69) is 12.0 Å². The molecule has 0 saturated carbocycles. The van der Waals surface area contributed by atoms with Gasteiger partial charge in [0.05, 0.1) is 18.5 Å². The molecule has 0 radical (unpaired) electrons. The molecule has 0 N–H and O–H groups in total. The first-order valence-electron chi connectivity index (χ1n) is 5.13. The van der Waals surface area contributed by atoms with E-state index in [9.17, 15) is 0 Å². The Morgan fingerprint density at radius 3 is 2.81 bits per heavy atom. The third-order valence-electron chi connectivity index (χ3n) is 2.38. The van der Waals surface area contributed by atoms with Crippen LogP contribution in [0.1, 0.15) is 12.6 Å². The zero-order chi connectivity index (χ0) is 11.5. The number of halogens is 1. The smallest absolute Gasteiger partial charge is 0.133 e. The van der Waals surface area contributed by atoms with Crippen LogP contribution in [0.15, 0.2) is 30.3 Å². The lowest BCUT2D eigenvalue weighted by Gasteiger charge is -2.05. The fourth-order valence-electron chi connectivity index (χ4n) is 1.50. The minimum Gasteiger partial charge on any atom is -0.497 e. The summed E-state index contributed by atoms with van der Waals surface area (Å²) in [5, 5.41) is 5.02. The molecule has 2 aromatic rings. The summed E-state index contributed by atoms with van der Waals surface area (Å²) in [5.41, 5.74) is 1.89. The Labute approximate surface area is 99.6 Å². The molecule has 4 heteroatoms. The SMILES string of the molecule is CCc1cc(Cl)n(-c2cccc(OC)c2)n1. The Bertz CT molecular complexity index is 494. The van der Waals surface area contributed by atoms with Crippen molar-refractivity contribution in [1.82, 2.24) is 9.78 Å². The lowest BCUT2D eigenvalue weighted by molar-refractivity contribution is 0.414. The quantitative estimate of drug-likeness (QED) is 0.819. The number of hydrogen-bond acceptors (Lipinski definition) is 2. The molecule has 1 aromatic carbocycles. The van der Waals surface area contributed by atoms with Crippen molar-refractivity contribution in [1.29, 1.82) is 0 Å². The molecule has 1 heterocycles. The van der Waals surface area contributed by atoms with Crippen LogP contribution in [-0.4, -0.2) is 16.9 Å². The maximum absolute atomic E-state index is 6.11. The predicted molar refractivity (Wildman–Crippen MR) is 64.5 cm³/mol. The average Bonchev–Trinajstić information content (AvgIpc) is 2.71. The molecule has 2 rings (SSSR count). The third-order valence-corrected chi connectivity index (χ3v) is 2.65. The summed E-state index contributed by atoms with van der Waals surface area (Å²) in [6, 6.07) is 9.53. The van der Waals surface area contributed by atoms with Crippen molar-refractivity contribution >= 4 is 11.6 Å². The van der Waals surface area contributed by atoms with E-state index in [0.717, 1.165) is 23.6 Å². The van der Waals surface area contributed by atoms with E-state index in [0.29, 0.717) is 5.15 Å². The van der Waals surface area contributed by atoms with Gasteiger partial charge in [-0.15, -0.1) is 0 Å². The Morgan fingerprint density at radius 1 is 1.38 bits per heavy atom. The van der Waals surface area contributed by atoms with Crippen molar-refractivity contribution in [3.8, 4) is 11.4 Å². The molecule has 0 aliphatic rings. The van der Waals surface area contributed by atoms with Gasteiger partial charge in [0.15, 0.2) is 0 Å². The number of hydrogen-bond donors (Lipinski definition) is 0. The standard InChI is InChI=1S/C12H13ClN2O/c1-3-9-7-12(13)15(14-9)10-5-4-6-11(8-10)16-2/h4-8H,3H2,1-2H3. The number of ether oxygens (including phenoxy) is 1. The van der Waals surface area contributed by atoms with Gasteiger partial charge >= 0.3 is 0 Å². The van der Waals surface area contributed by atoms with Crippen LogP contribution in [0.25, 0.3) is 5.69 Å². The highest BCUT2D eigenvalue weighted by atomic mass is 35.5. The monoisotopic (exact) mass is 236 g/mol. The lowest BCUT2D eigenvalue weighted by atomic mass is 10.3. The number of nitrogens with zero attached hydrogens (tertiary/aromatic N) is 2. The largest absolute Gasteiger partial charge is 0.497 e. The first-order chi connectivity index (χ1) is 7.74. The topological polar surface area (TPSA) is 27.1 Å². The van der Waals surface area contributed by atoms with Crippen molar-refractivity contribution in [2.24, 2.45) is 0 Å². The molecule has 0 bridgehead atoms. The summed E-state index contributed by atoms with van der Waals surface area (Å²) < 4.78 is 6.88. The Morgan fingerprint density at radius 2 is 2.19 bits per heavy atom. The highest BCUT2D eigenvalue weighted by Crippen LogP contribution is 2.21. The van der Waals surface area contributed by atoms with Crippen LogP contribution in [0.2, 0.25) is 5.15 Å². The van der Waals surface area contributed by atoms with Crippen LogP contribution in [-0.2, 0) is 6.42 Å². The van der Waals surface area contributed by atoms with E-state index in [1.165, 1.54) is 0 Å². The van der Waals surface area contributed by atoms with E-state index in [4.69, 9.17) is 16.3 Å². The number of methoxy groups -OCH3 is 1. The second kappa shape index (κ2) is 4.58. The highest BCUT2D eigenvalue weighted by Gasteiger charge is 2.07. The van der Waals surface area contributed by atoms with Crippen molar-refractivity contribution in [3.63, 3.8) is 0 Å². The Kier molecular flexibility index (Phi) is 3.15. The van der Waals surface area contributed by atoms with Gasteiger partial charge in [0.1, 0.15) is 10.9 Å². The molecule has 16 heavy (non-hydrogen) atoms. The molecule has 84 valence electrons. The van der Waals surface area contributed by atoms with Crippen molar-refractivity contribution in [2.75, 3.05) is 7.11 Å². The van der Waals surface area contributed by atoms with Crippen molar-refractivity contribution in [3.05, 3.63) is 41.2 Å². The van der Waals surface area contributed by atoms with Gasteiger partial charge in [-0.25, -0.2) is 4.68 Å². The van der Waals surface area contributed by atoms with Crippen LogP contribution < -0.4 is 4.74 Å². The van der Waals surface area contributed by atoms with Gasteiger partial charge in [-0.1, -0.05) is 24.6 Å². The fraction of sp³-hybridized carbons (Fsp3) is 0.250. The van der Waals surface area contributed by atoms with Crippen LogP contribution in [0, 0.1) is 0 Å². The highest BCUT2D eigenvalue weighted by molar-refractivity contribution is 6.29. The molecule has 0 aliphatic carbocycles. The average molecular weight is 237 g/mol. The predicted octanol–water partition coefficient (Wildman–Crippen LogP) is 3.10. The van der Waals surface area contributed by atoms with Gasteiger partial charge in [0, 0.05) is 6.07 Å². The van der Waals surface area contributed by atoms with Gasteiger partial charge in [0.2, 0.25) is 0 Å². The molecule has 0 aliphatic heterocycles. The second-order valence-electron chi connectivity index (χ2n) is 3.43. The molecular formula is C12H13ClN2O. The van der Waals surface area contributed by atoms with Crippen molar-refractivity contribution < 1.29 is 4.74 Å². The second-order valence-corrected chi connectivity index (χ2v) is 3.81. The molecule has 0 atom stereocenters. The normalized spacial score (nSPS) is 10.4. The van der Waals surface area contributed by atoms with Gasteiger partial charge in [-0.05, 0) is 24.6 Å². The van der Waals surface area contributed by atoms with E-state index in [-0.39, 0.29) is 0 Å². The van der Waals surface area contributed by atoms with Crippen LogP contribution in [0.3, 0.4) is 0 Å². The van der Waals surface area contributed by atoms with Gasteiger partial charge in [-0.3, -0.25) is 0 Å². The molecule has 0 saturated heterocycles. The minimum absolute atomic E-state index is 0.616. The maximum Gasteiger partial charge on any atom is 0.133 e. The summed E-state index contributed by atoms with van der Waals surface area (Å²) in [7, 11) is 1.64. The Balaban J connectivity index is 2.45. The van der Waals surface area contributed by atoms with E-state index >= 15 is 0 Å². The number of rotatable bonds is 3. The molecule has 0 unspecified atom stereocenters. The maximum atomic E-state index is 6.11. The van der Waals surface area contributed by atoms with Gasteiger partial charge in [-0.2, -0.15) is 5.10 Å². The zero-order valence-corrected chi connectivity index (χ0v) is 10.0. The number of benzene rings is 1. The molecular weight excluding hydrogens is 224 g/mol. The Hall–Kier alpha value is -1.48. The number of aryl methyl sites for hydroxylation is 1. The molecule has 0 amide bonds. The molecule has 0 fully saturated rings. The molecule has 3 nitrogen and oxygen atoms in total. The van der Waals surface area contributed by atoms with Crippen LogP contribution in [0.4, 0.5) is 0 Å². The minimum atomic E-state index is 0.616.